The first-order chi connectivity index (χ1) is 12.4. The van der Waals surface area contributed by atoms with Gasteiger partial charge in [0.25, 0.3) is 5.91 Å². The zero-order valence-corrected chi connectivity index (χ0v) is 13.4. The Balaban J connectivity index is 2.03. The van der Waals surface area contributed by atoms with Crippen LogP contribution in [0.3, 0.4) is 0 Å². The molecule has 0 fully saturated rings. The maximum absolute atomic E-state index is 12.0. The van der Waals surface area contributed by atoms with Crippen LogP contribution in [0.2, 0.25) is 0 Å². The van der Waals surface area contributed by atoms with Gasteiger partial charge in [0.1, 0.15) is 0 Å². The van der Waals surface area contributed by atoms with Gasteiger partial charge in [-0.05, 0) is 29.8 Å². The van der Waals surface area contributed by atoms with Gasteiger partial charge in [-0.3, -0.25) is 25.3 Å². The largest absolute Gasteiger partial charge is 0.465 e. The smallest absolute Gasteiger partial charge is 0.412 e. The molecule has 2 rings (SSSR count). The van der Waals surface area contributed by atoms with Gasteiger partial charge in [0.2, 0.25) is 0 Å². The van der Waals surface area contributed by atoms with Crippen LogP contribution >= 0.6 is 0 Å². The van der Waals surface area contributed by atoms with E-state index in [9.17, 15) is 28.3 Å². The number of hydrogen-bond acceptors (Lipinski definition) is 3. The molecule has 0 spiro atoms. The topological polar surface area (TPSA) is 98.7 Å². The monoisotopic (exact) mass is 363 g/mol. The zero-order valence-electron chi connectivity index (χ0n) is 13.4. The van der Waals surface area contributed by atoms with Crippen LogP contribution in [0.4, 0.5) is 19.3 Å². The maximum Gasteiger partial charge on any atom is 0.412 e. The zero-order chi connectivity index (χ0) is 19.1. The average molecular weight is 363 g/mol. The SMILES string of the molecule is O=C(NNC(=O)C(F)F)c1ccc(CN(C(=O)O)c2ccccc2)cc1. The van der Waals surface area contributed by atoms with Crippen LogP contribution in [0.1, 0.15) is 15.9 Å². The normalized spacial score (nSPS) is 10.3. The highest BCUT2D eigenvalue weighted by molar-refractivity contribution is 5.95. The van der Waals surface area contributed by atoms with Gasteiger partial charge in [-0.15, -0.1) is 0 Å². The van der Waals surface area contributed by atoms with E-state index in [4.69, 9.17) is 0 Å². The quantitative estimate of drug-likeness (QED) is 0.711. The Labute approximate surface area is 147 Å². The number of carboxylic acid groups (broad SMARTS) is 1. The third-order valence-electron chi connectivity index (χ3n) is 3.35. The standard InChI is InChI=1S/C17H15F2N3O4/c18-14(19)16(24)21-20-15(23)12-8-6-11(7-9-12)10-22(17(25)26)13-4-2-1-3-5-13/h1-9,14H,10H2,(H,20,23)(H,21,24)(H,25,26). The number of amides is 3. The predicted molar refractivity (Wildman–Crippen MR) is 88.7 cm³/mol. The third kappa shape index (κ3) is 5.00. The van der Waals surface area contributed by atoms with Crippen molar-refractivity contribution in [2.24, 2.45) is 0 Å². The van der Waals surface area contributed by atoms with E-state index in [-0.39, 0.29) is 12.1 Å². The number of benzene rings is 2. The Bertz CT molecular complexity index is 782. The third-order valence-corrected chi connectivity index (χ3v) is 3.35. The molecule has 0 aromatic heterocycles. The summed E-state index contributed by atoms with van der Waals surface area (Å²) in [4.78, 5) is 35.1. The van der Waals surface area contributed by atoms with Crippen LogP contribution in [0.25, 0.3) is 0 Å². The molecular weight excluding hydrogens is 348 g/mol. The summed E-state index contributed by atoms with van der Waals surface area (Å²) < 4.78 is 24.1. The highest BCUT2D eigenvalue weighted by atomic mass is 19.3. The van der Waals surface area contributed by atoms with Crippen molar-refractivity contribution >= 4 is 23.6 Å². The van der Waals surface area contributed by atoms with Crippen molar-refractivity contribution < 1.29 is 28.3 Å². The fourth-order valence-electron chi connectivity index (χ4n) is 2.07. The van der Waals surface area contributed by atoms with Gasteiger partial charge in [0.15, 0.2) is 0 Å². The Kier molecular flexibility index (Phi) is 6.20. The Morgan fingerprint density at radius 3 is 2.12 bits per heavy atom. The van der Waals surface area contributed by atoms with Crippen LogP contribution in [0, 0.1) is 0 Å². The van der Waals surface area contributed by atoms with E-state index in [0.717, 1.165) is 4.90 Å². The summed E-state index contributed by atoms with van der Waals surface area (Å²) in [5, 5.41) is 9.36. The van der Waals surface area contributed by atoms with Crippen molar-refractivity contribution in [3.05, 3.63) is 65.7 Å². The van der Waals surface area contributed by atoms with Crippen LogP contribution in [0.15, 0.2) is 54.6 Å². The van der Waals surface area contributed by atoms with Crippen LogP contribution < -0.4 is 15.8 Å². The lowest BCUT2D eigenvalue weighted by atomic mass is 10.1. The molecule has 9 heteroatoms. The molecule has 0 saturated carbocycles. The summed E-state index contributed by atoms with van der Waals surface area (Å²) in [6.45, 7) is 0.0589. The lowest BCUT2D eigenvalue weighted by Crippen LogP contribution is -2.44. The van der Waals surface area contributed by atoms with Crippen LogP contribution in [0.5, 0.6) is 0 Å². The molecule has 0 aliphatic rings. The van der Waals surface area contributed by atoms with Crippen molar-refractivity contribution in [2.75, 3.05) is 4.90 Å². The van der Waals surface area contributed by atoms with Gasteiger partial charge in [-0.2, -0.15) is 8.78 Å². The first kappa shape index (κ1) is 18.8. The van der Waals surface area contributed by atoms with Crippen molar-refractivity contribution in [3.8, 4) is 0 Å². The van der Waals surface area contributed by atoms with Gasteiger partial charge in [0.05, 0.1) is 6.54 Å². The number of nitrogens with one attached hydrogen (secondary N) is 2. The molecule has 3 amide bonds. The van der Waals surface area contributed by atoms with E-state index >= 15 is 0 Å². The number of rotatable bonds is 5. The van der Waals surface area contributed by atoms with Gasteiger partial charge in [-0.25, -0.2) is 4.79 Å². The molecule has 0 atom stereocenters. The van der Waals surface area contributed by atoms with Crippen molar-refractivity contribution in [2.45, 2.75) is 13.0 Å². The van der Waals surface area contributed by atoms with E-state index in [0.29, 0.717) is 11.3 Å². The predicted octanol–water partition coefficient (Wildman–Crippen LogP) is 2.40. The molecular formula is C17H15F2N3O4. The summed E-state index contributed by atoms with van der Waals surface area (Å²) in [5.41, 5.74) is 4.68. The summed E-state index contributed by atoms with van der Waals surface area (Å²) in [5.74, 6) is -2.39. The highest BCUT2D eigenvalue weighted by Crippen LogP contribution is 2.17. The van der Waals surface area contributed by atoms with E-state index < -0.39 is 24.3 Å². The Morgan fingerprint density at radius 1 is 0.962 bits per heavy atom. The molecule has 26 heavy (non-hydrogen) atoms. The van der Waals surface area contributed by atoms with Crippen LogP contribution in [-0.4, -0.2) is 29.4 Å². The van der Waals surface area contributed by atoms with E-state index in [1.807, 2.05) is 5.43 Å². The lowest BCUT2D eigenvalue weighted by molar-refractivity contribution is -0.132. The van der Waals surface area contributed by atoms with Crippen molar-refractivity contribution in [1.82, 2.24) is 10.9 Å². The number of hydrogen-bond donors (Lipinski definition) is 3. The fraction of sp³-hybridized carbons (Fsp3) is 0.118. The molecule has 0 heterocycles. The second kappa shape index (κ2) is 8.56. The molecule has 2 aromatic carbocycles. The number of anilines is 1. The number of carbonyl (C=O) groups is 3. The van der Waals surface area contributed by atoms with E-state index in [1.165, 1.54) is 24.3 Å². The lowest BCUT2D eigenvalue weighted by Gasteiger charge is -2.19. The number of hydrazine groups is 1. The van der Waals surface area contributed by atoms with Crippen molar-refractivity contribution in [1.29, 1.82) is 0 Å². The molecule has 0 bridgehead atoms. The number of nitrogens with zero attached hydrogens (tertiary/aromatic N) is 1. The molecule has 0 radical (unpaired) electrons. The second-order valence-electron chi connectivity index (χ2n) is 5.15. The molecule has 3 N–H and O–H groups in total. The molecule has 7 nitrogen and oxygen atoms in total. The van der Waals surface area contributed by atoms with Crippen molar-refractivity contribution in [3.63, 3.8) is 0 Å². The van der Waals surface area contributed by atoms with Gasteiger partial charge in [0, 0.05) is 11.3 Å². The van der Waals surface area contributed by atoms with E-state index in [1.54, 1.807) is 35.8 Å². The Morgan fingerprint density at radius 2 is 1.58 bits per heavy atom. The first-order valence-corrected chi connectivity index (χ1v) is 7.41. The molecule has 0 aliphatic heterocycles. The molecule has 0 saturated heterocycles. The second-order valence-corrected chi connectivity index (χ2v) is 5.15. The molecule has 2 aromatic rings. The summed E-state index contributed by atoms with van der Waals surface area (Å²) >= 11 is 0. The van der Waals surface area contributed by atoms with Crippen LogP contribution in [-0.2, 0) is 11.3 Å². The van der Waals surface area contributed by atoms with Gasteiger partial charge in [-0.1, -0.05) is 30.3 Å². The highest BCUT2D eigenvalue weighted by Gasteiger charge is 2.17. The average Bonchev–Trinajstić information content (AvgIpc) is 2.64. The minimum absolute atomic E-state index is 0.0589. The summed E-state index contributed by atoms with van der Waals surface area (Å²) in [6.07, 6.45) is -4.37. The minimum Gasteiger partial charge on any atom is -0.465 e. The number of para-hydroxylation sites is 1. The number of alkyl halides is 2. The maximum atomic E-state index is 12.0. The first-order valence-electron chi connectivity index (χ1n) is 7.41. The molecule has 0 unspecified atom stereocenters. The number of halogens is 2. The Hall–Kier alpha value is -3.49. The summed E-state index contributed by atoms with van der Waals surface area (Å²) in [6, 6.07) is 14.4. The van der Waals surface area contributed by atoms with Gasteiger partial charge >= 0.3 is 18.4 Å². The molecule has 136 valence electrons. The fourth-order valence-corrected chi connectivity index (χ4v) is 2.07. The molecule has 0 aliphatic carbocycles. The van der Waals surface area contributed by atoms with Gasteiger partial charge < -0.3 is 5.11 Å². The van der Waals surface area contributed by atoms with E-state index in [2.05, 4.69) is 0 Å². The minimum atomic E-state index is -3.24. The number of carbonyl (C=O) groups excluding carboxylic acids is 2. The summed E-state index contributed by atoms with van der Waals surface area (Å²) in [7, 11) is 0.